The van der Waals surface area contributed by atoms with Gasteiger partial charge in [-0.2, -0.15) is 0 Å². The number of thiazole rings is 1. The highest BCUT2D eigenvalue weighted by atomic mass is 79.9. The van der Waals surface area contributed by atoms with E-state index in [1.54, 1.807) is 23.6 Å². The fourth-order valence-electron chi connectivity index (χ4n) is 2.13. The number of halogens is 2. The molecule has 0 unspecified atom stereocenters. The van der Waals surface area contributed by atoms with Gasteiger partial charge in [-0.05, 0) is 34.1 Å². The summed E-state index contributed by atoms with van der Waals surface area (Å²) in [5, 5.41) is 15.6. The molecule has 1 N–H and O–H groups in total. The predicted octanol–water partition coefficient (Wildman–Crippen LogP) is 5.26. The van der Waals surface area contributed by atoms with Crippen molar-refractivity contribution in [2.45, 2.75) is 0 Å². The predicted molar refractivity (Wildman–Crippen MR) is 110 cm³/mol. The number of benzene rings is 2. The van der Waals surface area contributed by atoms with E-state index >= 15 is 0 Å². The van der Waals surface area contributed by atoms with Crippen LogP contribution in [0.2, 0.25) is 0 Å². The van der Waals surface area contributed by atoms with E-state index in [9.17, 15) is 14.9 Å². The minimum absolute atomic E-state index is 0.0143. The molecular formula is C17H11Br2N3O4S. The van der Waals surface area contributed by atoms with Crippen molar-refractivity contribution in [2.24, 2.45) is 0 Å². The maximum Gasteiger partial charge on any atom is 0.270 e. The lowest BCUT2D eigenvalue weighted by Crippen LogP contribution is -2.20. The standard InChI is InChI=1S/C17H11Br2N3O4S/c18-11-4-5-15(13(19)7-11)26-8-16(23)21-17-20-14(9-27-17)10-2-1-3-12(6-10)22(24)25/h1-7,9H,8H2,(H,20,21,23). The molecule has 0 aliphatic rings. The first-order chi connectivity index (χ1) is 12.9. The summed E-state index contributed by atoms with van der Waals surface area (Å²) in [5.74, 6) is 0.189. The SMILES string of the molecule is O=C(COc1ccc(Br)cc1Br)Nc1nc(-c2cccc([N+](=O)[O-])c2)cs1. The molecule has 0 radical (unpaired) electrons. The first kappa shape index (κ1) is 19.5. The van der Waals surface area contributed by atoms with Gasteiger partial charge >= 0.3 is 0 Å². The van der Waals surface area contributed by atoms with Crippen molar-refractivity contribution in [3.63, 3.8) is 0 Å². The summed E-state index contributed by atoms with van der Waals surface area (Å²) in [5.41, 5.74) is 1.14. The Morgan fingerprint density at radius 1 is 1.26 bits per heavy atom. The van der Waals surface area contributed by atoms with Gasteiger partial charge in [0.1, 0.15) is 5.75 Å². The van der Waals surface area contributed by atoms with E-state index in [2.05, 4.69) is 42.2 Å². The van der Waals surface area contributed by atoms with Gasteiger partial charge in [-0.1, -0.05) is 28.1 Å². The number of carbonyl (C=O) groups excluding carboxylic acids is 1. The first-order valence-electron chi connectivity index (χ1n) is 7.50. The lowest BCUT2D eigenvalue weighted by molar-refractivity contribution is -0.384. The molecule has 0 saturated carbocycles. The van der Waals surface area contributed by atoms with Gasteiger partial charge in [-0.3, -0.25) is 20.2 Å². The summed E-state index contributed by atoms with van der Waals surface area (Å²) in [4.78, 5) is 26.8. The zero-order valence-electron chi connectivity index (χ0n) is 13.5. The zero-order chi connectivity index (χ0) is 19.4. The van der Waals surface area contributed by atoms with Crippen molar-refractivity contribution in [1.29, 1.82) is 0 Å². The van der Waals surface area contributed by atoms with Crippen LogP contribution in [0.4, 0.5) is 10.8 Å². The average molecular weight is 513 g/mol. The number of ether oxygens (including phenoxy) is 1. The molecular weight excluding hydrogens is 502 g/mol. The number of hydrogen-bond donors (Lipinski definition) is 1. The van der Waals surface area contributed by atoms with Crippen molar-refractivity contribution in [1.82, 2.24) is 4.98 Å². The Morgan fingerprint density at radius 2 is 2.07 bits per heavy atom. The molecule has 1 heterocycles. The minimum atomic E-state index is -0.462. The van der Waals surface area contributed by atoms with Gasteiger partial charge in [-0.25, -0.2) is 4.98 Å². The molecule has 0 atom stereocenters. The fourth-order valence-corrected chi connectivity index (χ4v) is 4.03. The molecule has 3 aromatic rings. The van der Waals surface area contributed by atoms with Gasteiger partial charge in [0.2, 0.25) is 0 Å². The summed E-state index contributed by atoms with van der Waals surface area (Å²) < 4.78 is 7.10. The summed E-state index contributed by atoms with van der Waals surface area (Å²) in [6.45, 7) is -0.175. The van der Waals surface area contributed by atoms with Crippen LogP contribution in [0.1, 0.15) is 0 Å². The van der Waals surface area contributed by atoms with Crippen LogP contribution in [-0.4, -0.2) is 22.4 Å². The largest absolute Gasteiger partial charge is 0.483 e. The van der Waals surface area contributed by atoms with Crippen molar-refractivity contribution in [3.8, 4) is 17.0 Å². The van der Waals surface area contributed by atoms with E-state index in [1.165, 1.54) is 23.5 Å². The van der Waals surface area contributed by atoms with E-state index < -0.39 is 4.92 Å². The Bertz CT molecular complexity index is 1010. The zero-order valence-corrected chi connectivity index (χ0v) is 17.5. The van der Waals surface area contributed by atoms with Crippen LogP contribution in [0, 0.1) is 10.1 Å². The topological polar surface area (TPSA) is 94.4 Å². The lowest BCUT2D eigenvalue weighted by Gasteiger charge is -2.08. The maximum absolute atomic E-state index is 12.1. The number of nitro groups is 1. The number of aromatic nitrogens is 1. The van der Waals surface area contributed by atoms with Crippen LogP contribution < -0.4 is 10.1 Å². The molecule has 1 amide bonds. The molecule has 0 spiro atoms. The summed E-state index contributed by atoms with van der Waals surface area (Å²) >= 11 is 7.94. The van der Waals surface area contributed by atoms with Gasteiger partial charge in [0.25, 0.3) is 11.6 Å². The van der Waals surface area contributed by atoms with Gasteiger partial charge in [0.15, 0.2) is 11.7 Å². The summed E-state index contributed by atoms with van der Waals surface area (Å²) in [6, 6.07) is 11.5. The number of non-ortho nitro benzene ring substituents is 1. The van der Waals surface area contributed by atoms with Crippen LogP contribution in [0.25, 0.3) is 11.3 Å². The van der Waals surface area contributed by atoms with Gasteiger partial charge in [0, 0.05) is 27.5 Å². The van der Waals surface area contributed by atoms with E-state index in [0.717, 1.165) is 8.95 Å². The average Bonchev–Trinajstić information content (AvgIpc) is 3.09. The molecule has 10 heteroatoms. The normalized spacial score (nSPS) is 10.4. The van der Waals surface area contributed by atoms with Gasteiger partial charge in [-0.15, -0.1) is 11.3 Å². The van der Waals surface area contributed by atoms with Crippen LogP contribution in [-0.2, 0) is 4.79 Å². The van der Waals surface area contributed by atoms with E-state index in [1.807, 2.05) is 12.1 Å². The molecule has 1 aromatic heterocycles. The van der Waals surface area contributed by atoms with Crippen molar-refractivity contribution >= 4 is 59.9 Å². The Balaban J connectivity index is 1.62. The highest BCUT2D eigenvalue weighted by Crippen LogP contribution is 2.29. The third kappa shape index (κ3) is 5.12. The number of nitrogens with one attached hydrogen (secondary N) is 1. The Hall–Kier alpha value is -2.30. The molecule has 0 saturated heterocycles. The Kier molecular flexibility index (Phi) is 6.19. The molecule has 2 aromatic carbocycles. The monoisotopic (exact) mass is 511 g/mol. The van der Waals surface area contributed by atoms with E-state index in [-0.39, 0.29) is 18.2 Å². The molecule has 138 valence electrons. The Labute approximate surface area is 174 Å². The second-order valence-electron chi connectivity index (χ2n) is 5.26. The molecule has 0 bridgehead atoms. The van der Waals surface area contributed by atoms with Crippen molar-refractivity contribution < 1.29 is 14.5 Å². The number of rotatable bonds is 6. The molecule has 0 aliphatic heterocycles. The third-order valence-electron chi connectivity index (χ3n) is 3.36. The van der Waals surface area contributed by atoms with Crippen molar-refractivity contribution in [2.75, 3.05) is 11.9 Å². The van der Waals surface area contributed by atoms with E-state index in [0.29, 0.717) is 22.1 Å². The molecule has 3 rings (SSSR count). The molecule has 0 aliphatic carbocycles. The highest BCUT2D eigenvalue weighted by molar-refractivity contribution is 9.11. The van der Waals surface area contributed by atoms with Crippen molar-refractivity contribution in [3.05, 3.63) is 66.9 Å². The number of nitrogens with zero attached hydrogens (tertiary/aromatic N) is 2. The van der Waals surface area contributed by atoms with Gasteiger partial charge in [0.05, 0.1) is 15.1 Å². The number of amides is 1. The first-order valence-corrected chi connectivity index (χ1v) is 9.97. The third-order valence-corrected chi connectivity index (χ3v) is 5.23. The van der Waals surface area contributed by atoms with Crippen LogP contribution in [0.3, 0.4) is 0 Å². The fraction of sp³-hybridized carbons (Fsp3) is 0.0588. The highest BCUT2D eigenvalue weighted by Gasteiger charge is 2.12. The van der Waals surface area contributed by atoms with Crippen LogP contribution in [0.15, 0.2) is 56.8 Å². The molecule has 7 nitrogen and oxygen atoms in total. The Morgan fingerprint density at radius 3 is 2.81 bits per heavy atom. The summed E-state index contributed by atoms with van der Waals surface area (Å²) in [6.07, 6.45) is 0. The quantitative estimate of drug-likeness (QED) is 0.359. The number of carbonyl (C=O) groups is 1. The second-order valence-corrected chi connectivity index (χ2v) is 7.89. The molecule has 27 heavy (non-hydrogen) atoms. The summed E-state index contributed by atoms with van der Waals surface area (Å²) in [7, 11) is 0. The maximum atomic E-state index is 12.1. The van der Waals surface area contributed by atoms with Gasteiger partial charge < -0.3 is 4.74 Å². The van der Waals surface area contributed by atoms with Crippen LogP contribution >= 0.6 is 43.2 Å². The molecule has 0 fully saturated rings. The number of nitro benzene ring substituents is 1. The minimum Gasteiger partial charge on any atom is -0.483 e. The number of anilines is 1. The second kappa shape index (κ2) is 8.59. The number of hydrogen-bond acceptors (Lipinski definition) is 6. The van der Waals surface area contributed by atoms with Crippen LogP contribution in [0.5, 0.6) is 5.75 Å². The smallest absolute Gasteiger partial charge is 0.270 e. The van der Waals surface area contributed by atoms with E-state index in [4.69, 9.17) is 4.74 Å². The lowest BCUT2D eigenvalue weighted by atomic mass is 10.1.